The van der Waals surface area contributed by atoms with Gasteiger partial charge in [0.25, 0.3) is 0 Å². The van der Waals surface area contributed by atoms with Crippen LogP contribution < -0.4 is 0 Å². The van der Waals surface area contributed by atoms with E-state index in [-0.39, 0.29) is 7.25 Å². The third-order valence-corrected chi connectivity index (χ3v) is 20.2. The maximum absolute atomic E-state index is 7.43. The van der Waals surface area contributed by atoms with E-state index >= 15 is 0 Å². The third kappa shape index (κ3) is 2.32. The van der Waals surface area contributed by atoms with Gasteiger partial charge in [-0.05, 0) is 0 Å². The number of hydrogen-bond donors (Lipinski definition) is 0. The van der Waals surface area contributed by atoms with Crippen molar-refractivity contribution in [2.75, 3.05) is 0 Å². The van der Waals surface area contributed by atoms with Gasteiger partial charge < -0.3 is 0 Å². The van der Waals surface area contributed by atoms with Gasteiger partial charge in [0, 0.05) is 0 Å². The van der Waals surface area contributed by atoms with Crippen LogP contribution in [0, 0.1) is 0 Å². The van der Waals surface area contributed by atoms with Gasteiger partial charge in [-0.25, -0.2) is 0 Å². The van der Waals surface area contributed by atoms with Crippen LogP contribution in [0.1, 0.15) is 43.4 Å². The summed E-state index contributed by atoms with van der Waals surface area (Å²) in [6, 6.07) is 16.9. The molecular weight excluding hydrogens is 414 g/mol. The fraction of sp³-hybridized carbons (Fsp3) is 0.190. The van der Waals surface area contributed by atoms with Crippen LogP contribution in [0.4, 0.5) is 0 Å². The molecule has 2 atom stereocenters. The van der Waals surface area contributed by atoms with E-state index in [4.69, 9.17) is 17.0 Å². The van der Waals surface area contributed by atoms with E-state index in [0.717, 1.165) is 0 Å². The predicted molar refractivity (Wildman–Crippen MR) is 104 cm³/mol. The van der Waals surface area contributed by atoms with Crippen molar-refractivity contribution in [1.29, 1.82) is 0 Å². The van der Waals surface area contributed by atoms with Gasteiger partial charge in [0.1, 0.15) is 0 Å². The molecule has 0 aliphatic heterocycles. The molecule has 0 fully saturated rings. The van der Waals surface area contributed by atoms with Gasteiger partial charge >= 0.3 is 152 Å². The second kappa shape index (κ2) is 5.37. The molecule has 0 amide bonds. The second-order valence-electron chi connectivity index (χ2n) is 7.25. The van der Waals surface area contributed by atoms with Gasteiger partial charge in [0.15, 0.2) is 0 Å². The van der Waals surface area contributed by atoms with Crippen molar-refractivity contribution in [2.45, 2.75) is 21.1 Å². The number of halogens is 2. The molecule has 2 aliphatic carbocycles. The molecule has 2 aliphatic rings. The first kappa shape index (κ1) is 16.7. The van der Waals surface area contributed by atoms with Crippen molar-refractivity contribution in [3.63, 3.8) is 0 Å². The second-order valence-corrected chi connectivity index (χ2v) is 28.4. The van der Waals surface area contributed by atoms with Crippen molar-refractivity contribution in [2.24, 2.45) is 0 Å². The van der Waals surface area contributed by atoms with Crippen LogP contribution in [0.15, 0.2) is 59.7 Å². The number of allylic oxidation sites excluding steroid dienone is 2. The molecule has 0 saturated carbocycles. The summed E-state index contributed by atoms with van der Waals surface area (Å²) < 4.78 is 4.74. The standard InChI is InChI=1S/2C10H9.CH2.2ClH.Zr/c2*1-8-6-9-4-2-3-5-10(9)7-8;;;;/h2*2-7H,1H3;1H2;2*1H;/q;;;;;+2/p-2. The molecule has 0 bridgehead atoms. The van der Waals surface area contributed by atoms with Crippen molar-refractivity contribution in [3.05, 3.63) is 81.9 Å². The first-order valence-electron chi connectivity index (χ1n) is 8.27. The average molecular weight is 435 g/mol. The Morgan fingerprint density at radius 1 is 0.750 bits per heavy atom. The molecule has 0 N–H and O–H groups in total. The van der Waals surface area contributed by atoms with E-state index in [9.17, 15) is 0 Å². The number of rotatable bonds is 2. The monoisotopic (exact) mass is 432 g/mol. The number of hydrogen-bond acceptors (Lipinski definition) is 0. The molecule has 0 nitrogen and oxygen atoms in total. The molecule has 2 aromatic carbocycles. The fourth-order valence-corrected chi connectivity index (χ4v) is 21.8. The van der Waals surface area contributed by atoms with Crippen LogP contribution in [-0.2, 0) is 15.9 Å². The minimum atomic E-state index is -4.48. The normalized spacial score (nSPS) is 22.7. The molecule has 24 heavy (non-hydrogen) atoms. The summed E-state index contributed by atoms with van der Waals surface area (Å²) in [6.07, 6.45) is 4.45. The average Bonchev–Trinajstić information content (AvgIpc) is 3.02. The van der Waals surface area contributed by atoms with Gasteiger partial charge in [-0.15, -0.1) is 0 Å². The summed E-state index contributed by atoms with van der Waals surface area (Å²) in [5.74, 6) is 0. The summed E-state index contributed by atoms with van der Waals surface area (Å²) in [5.41, 5.74) is 7.46. The predicted octanol–water partition coefficient (Wildman–Crippen LogP) is 6.73. The Bertz CT molecular complexity index is 901. The molecule has 2 unspecified atom stereocenters. The van der Waals surface area contributed by atoms with Crippen LogP contribution >= 0.6 is 17.0 Å². The maximum atomic E-state index is 7.43. The minimum absolute atomic E-state index is 0.0606. The van der Waals surface area contributed by atoms with E-state index in [1.165, 1.54) is 33.4 Å². The Labute approximate surface area is 151 Å². The van der Waals surface area contributed by atoms with Crippen molar-refractivity contribution < 1.29 is 15.9 Å². The first-order valence-corrected chi connectivity index (χ1v) is 19.2. The molecule has 0 saturated heterocycles. The Hall–Kier alpha value is -0.747. The Morgan fingerprint density at radius 2 is 1.12 bits per heavy atom. The third-order valence-electron chi connectivity index (χ3n) is 5.47. The van der Waals surface area contributed by atoms with Gasteiger partial charge in [-0.1, -0.05) is 0 Å². The fourth-order valence-electron chi connectivity index (χ4n) is 4.69. The summed E-state index contributed by atoms with van der Waals surface area (Å²) in [4.78, 5) is 0. The van der Waals surface area contributed by atoms with E-state index in [1.807, 2.05) is 0 Å². The van der Waals surface area contributed by atoms with Crippen molar-refractivity contribution >= 4 is 33.4 Å². The molecular formula is C21H20Cl2Zr. The van der Waals surface area contributed by atoms with Crippen molar-refractivity contribution in [1.82, 2.24) is 0 Å². The molecule has 0 radical (unpaired) electrons. The van der Waals surface area contributed by atoms with E-state index in [1.54, 1.807) is 0 Å². The zero-order valence-corrected chi connectivity index (χ0v) is 17.9. The van der Waals surface area contributed by atoms with Gasteiger partial charge in [0.2, 0.25) is 0 Å². The molecule has 0 aromatic heterocycles. The first-order chi connectivity index (χ1) is 11.3. The molecule has 0 spiro atoms. The molecule has 3 heteroatoms. The van der Waals surface area contributed by atoms with Crippen LogP contribution in [0.2, 0.25) is 0 Å². The van der Waals surface area contributed by atoms with E-state index in [2.05, 4.69) is 78.7 Å². The van der Waals surface area contributed by atoms with Crippen LogP contribution in [0.5, 0.6) is 0 Å². The molecule has 4 rings (SSSR count). The Kier molecular flexibility index (Phi) is 3.74. The zero-order chi connectivity index (χ0) is 17.1. The Morgan fingerprint density at radius 3 is 1.54 bits per heavy atom. The Balaban J connectivity index is 1.93. The van der Waals surface area contributed by atoms with Crippen LogP contribution in [0.3, 0.4) is 0 Å². The zero-order valence-electron chi connectivity index (χ0n) is 13.9. The number of benzene rings is 2. The summed E-state index contributed by atoms with van der Waals surface area (Å²) in [6.45, 7) is 4.29. The SMILES string of the molecule is [CH2]=[Zr]([Cl])([Cl])([CH]1C(C)=Cc2ccccc21)[CH]1C(C)=Cc2ccccc21. The molecule has 2 aromatic rings. The van der Waals surface area contributed by atoms with Crippen LogP contribution in [0.25, 0.3) is 12.2 Å². The molecule has 122 valence electrons. The van der Waals surface area contributed by atoms with E-state index in [0.29, 0.717) is 0 Å². The summed E-state index contributed by atoms with van der Waals surface area (Å²) >= 11 is -4.48. The van der Waals surface area contributed by atoms with Gasteiger partial charge in [0.05, 0.1) is 0 Å². The molecule has 0 heterocycles. The van der Waals surface area contributed by atoms with Crippen molar-refractivity contribution in [3.8, 4) is 0 Å². The van der Waals surface area contributed by atoms with Gasteiger partial charge in [-0.2, -0.15) is 0 Å². The van der Waals surface area contributed by atoms with E-state index < -0.39 is 15.9 Å². The van der Waals surface area contributed by atoms with Crippen LogP contribution in [-0.4, -0.2) is 4.21 Å². The quantitative estimate of drug-likeness (QED) is 0.491. The number of fused-ring (bicyclic) bond motifs is 2. The van der Waals surface area contributed by atoms with Gasteiger partial charge in [-0.3, -0.25) is 0 Å². The topological polar surface area (TPSA) is 0 Å². The summed E-state index contributed by atoms with van der Waals surface area (Å²) in [7, 11) is 14.9. The summed E-state index contributed by atoms with van der Waals surface area (Å²) in [5, 5.41) is 0.